The predicted molar refractivity (Wildman–Crippen MR) is 124 cm³/mol. The third-order valence-electron chi connectivity index (χ3n) is 5.58. The van der Waals surface area contributed by atoms with Gasteiger partial charge in [0, 0.05) is 24.7 Å². The Bertz CT molecular complexity index is 1050. The second kappa shape index (κ2) is 10.2. The van der Waals surface area contributed by atoms with E-state index in [1.54, 1.807) is 23.1 Å². The third kappa shape index (κ3) is 5.23. The van der Waals surface area contributed by atoms with Crippen molar-refractivity contribution in [1.29, 1.82) is 0 Å². The topological polar surface area (TPSA) is 78.5 Å². The van der Waals surface area contributed by atoms with Crippen LogP contribution in [0.25, 0.3) is 0 Å². The van der Waals surface area contributed by atoms with Crippen LogP contribution in [-0.4, -0.2) is 41.8 Å². The number of hydrogen-bond acceptors (Lipinski definition) is 4. The summed E-state index contributed by atoms with van der Waals surface area (Å²) in [6, 6.07) is 21.3. The van der Waals surface area contributed by atoms with Gasteiger partial charge in [-0.25, -0.2) is 0 Å². The maximum Gasteiger partial charge on any atom is 0.262 e. The van der Waals surface area contributed by atoms with Crippen LogP contribution in [0.5, 0.6) is 0 Å². The predicted octanol–water partition coefficient (Wildman–Crippen LogP) is 3.64. The molecular weight excluding hydrogens is 422 g/mol. The Morgan fingerprint density at radius 1 is 0.844 bits per heavy atom. The smallest absolute Gasteiger partial charge is 0.262 e. The summed E-state index contributed by atoms with van der Waals surface area (Å²) in [4.78, 5) is 40.8. The zero-order valence-corrected chi connectivity index (χ0v) is 18.4. The second-order valence-corrected chi connectivity index (χ2v) is 8.68. The number of hydrogen-bond donors (Lipinski definition) is 2. The highest BCUT2D eigenvalue weighted by Gasteiger charge is 2.31. The average Bonchev–Trinajstić information content (AvgIpc) is 3.39. The molecule has 0 spiro atoms. The van der Waals surface area contributed by atoms with Gasteiger partial charge in [-0.05, 0) is 42.0 Å². The van der Waals surface area contributed by atoms with Crippen molar-refractivity contribution in [2.45, 2.75) is 24.9 Å². The minimum Gasteiger partial charge on any atom is -0.349 e. The quantitative estimate of drug-likeness (QED) is 0.606. The zero-order valence-electron chi connectivity index (χ0n) is 17.6. The van der Waals surface area contributed by atoms with Crippen molar-refractivity contribution < 1.29 is 14.4 Å². The number of rotatable bonds is 6. The number of nitrogens with one attached hydrogen (secondary N) is 2. The molecule has 2 N–H and O–H groups in total. The van der Waals surface area contributed by atoms with Gasteiger partial charge in [0.2, 0.25) is 5.91 Å². The minimum absolute atomic E-state index is 0.0163. The van der Waals surface area contributed by atoms with Crippen LogP contribution in [0.4, 0.5) is 0 Å². The molecule has 3 aromatic rings. The number of carbonyl (C=O) groups excluding carboxylic acids is 3. The monoisotopic (exact) mass is 447 g/mol. The number of thiophene rings is 1. The van der Waals surface area contributed by atoms with E-state index >= 15 is 0 Å². The lowest BCUT2D eigenvalue weighted by molar-refractivity contribution is -0.134. The van der Waals surface area contributed by atoms with Crippen LogP contribution < -0.4 is 10.6 Å². The molecule has 0 saturated carbocycles. The number of likely N-dealkylation sites (tertiary alicyclic amines) is 1. The Labute approximate surface area is 191 Å². The molecule has 0 radical (unpaired) electrons. The fourth-order valence-corrected chi connectivity index (χ4v) is 4.46. The first-order valence-electron chi connectivity index (χ1n) is 10.7. The Morgan fingerprint density at radius 2 is 1.50 bits per heavy atom. The standard InChI is InChI=1S/C25H25N3O3S/c29-23(19-10-5-2-6-11-19)26-20-13-15-28(16-14-20)25(31)22(18-8-3-1-4-9-18)27-24(30)21-12-7-17-32-21/h1-12,17,20,22H,13-16H2,(H,26,29)(H,27,30). The Morgan fingerprint density at radius 3 is 2.12 bits per heavy atom. The summed E-state index contributed by atoms with van der Waals surface area (Å²) in [6.45, 7) is 1.05. The van der Waals surface area contributed by atoms with E-state index in [1.807, 2.05) is 60.0 Å². The van der Waals surface area contributed by atoms with Crippen LogP contribution in [0.2, 0.25) is 0 Å². The number of carbonyl (C=O) groups is 3. The molecule has 1 unspecified atom stereocenters. The van der Waals surface area contributed by atoms with Crippen LogP contribution in [-0.2, 0) is 4.79 Å². The maximum absolute atomic E-state index is 13.4. The lowest BCUT2D eigenvalue weighted by Gasteiger charge is -2.34. The molecule has 164 valence electrons. The lowest BCUT2D eigenvalue weighted by Crippen LogP contribution is -2.50. The van der Waals surface area contributed by atoms with Gasteiger partial charge in [0.1, 0.15) is 6.04 Å². The summed E-state index contributed by atoms with van der Waals surface area (Å²) in [6.07, 6.45) is 1.34. The number of nitrogens with zero attached hydrogens (tertiary/aromatic N) is 1. The van der Waals surface area contributed by atoms with Crippen molar-refractivity contribution in [1.82, 2.24) is 15.5 Å². The zero-order chi connectivity index (χ0) is 22.3. The van der Waals surface area contributed by atoms with E-state index in [0.29, 0.717) is 36.4 Å². The van der Waals surface area contributed by atoms with Gasteiger partial charge in [-0.3, -0.25) is 14.4 Å². The van der Waals surface area contributed by atoms with E-state index in [2.05, 4.69) is 10.6 Å². The highest BCUT2D eigenvalue weighted by molar-refractivity contribution is 7.12. The fourth-order valence-electron chi connectivity index (χ4n) is 3.83. The van der Waals surface area contributed by atoms with Gasteiger partial charge in [0.15, 0.2) is 0 Å². The van der Waals surface area contributed by atoms with E-state index in [-0.39, 0.29) is 23.8 Å². The molecule has 1 fully saturated rings. The Balaban J connectivity index is 1.39. The van der Waals surface area contributed by atoms with Crippen LogP contribution in [0, 0.1) is 0 Å². The summed E-state index contributed by atoms with van der Waals surface area (Å²) < 4.78 is 0. The minimum atomic E-state index is -0.749. The molecule has 0 aliphatic carbocycles. The van der Waals surface area contributed by atoms with Crippen molar-refractivity contribution >= 4 is 29.1 Å². The maximum atomic E-state index is 13.4. The average molecular weight is 448 g/mol. The summed E-state index contributed by atoms with van der Waals surface area (Å²) >= 11 is 1.34. The number of benzene rings is 2. The first-order valence-corrected chi connectivity index (χ1v) is 11.5. The van der Waals surface area contributed by atoms with Gasteiger partial charge in [-0.2, -0.15) is 0 Å². The number of amides is 3. The van der Waals surface area contributed by atoms with Gasteiger partial charge in [-0.15, -0.1) is 11.3 Å². The fraction of sp³-hybridized carbons (Fsp3) is 0.240. The molecule has 2 heterocycles. The van der Waals surface area contributed by atoms with Crippen LogP contribution in [0.1, 0.15) is 44.5 Å². The summed E-state index contributed by atoms with van der Waals surface area (Å²) in [5.41, 5.74) is 1.38. The van der Waals surface area contributed by atoms with Crippen LogP contribution >= 0.6 is 11.3 Å². The molecule has 0 bridgehead atoms. The van der Waals surface area contributed by atoms with E-state index in [9.17, 15) is 14.4 Å². The first kappa shape index (κ1) is 21.8. The van der Waals surface area contributed by atoms with Crippen LogP contribution in [0.15, 0.2) is 78.2 Å². The van der Waals surface area contributed by atoms with Gasteiger partial charge in [0.05, 0.1) is 4.88 Å². The van der Waals surface area contributed by atoms with Gasteiger partial charge in [-0.1, -0.05) is 54.6 Å². The summed E-state index contributed by atoms with van der Waals surface area (Å²) in [7, 11) is 0. The second-order valence-electron chi connectivity index (χ2n) is 7.73. The normalized spacial score (nSPS) is 15.1. The molecule has 3 amide bonds. The summed E-state index contributed by atoms with van der Waals surface area (Å²) in [5, 5.41) is 7.81. The highest BCUT2D eigenvalue weighted by Crippen LogP contribution is 2.21. The van der Waals surface area contributed by atoms with E-state index in [1.165, 1.54) is 11.3 Å². The first-order chi connectivity index (χ1) is 15.6. The van der Waals surface area contributed by atoms with Crippen LogP contribution in [0.3, 0.4) is 0 Å². The molecule has 4 rings (SSSR count). The van der Waals surface area contributed by atoms with Gasteiger partial charge < -0.3 is 15.5 Å². The molecule has 1 aromatic heterocycles. The molecule has 1 aliphatic heterocycles. The lowest BCUT2D eigenvalue weighted by atomic mass is 10.0. The molecule has 7 heteroatoms. The number of piperidine rings is 1. The van der Waals surface area contributed by atoms with E-state index < -0.39 is 6.04 Å². The van der Waals surface area contributed by atoms with Gasteiger partial charge in [0.25, 0.3) is 11.8 Å². The molecule has 6 nitrogen and oxygen atoms in total. The van der Waals surface area contributed by atoms with E-state index in [0.717, 1.165) is 5.56 Å². The summed E-state index contributed by atoms with van der Waals surface area (Å²) in [5.74, 6) is -0.484. The molecule has 32 heavy (non-hydrogen) atoms. The van der Waals surface area contributed by atoms with E-state index in [4.69, 9.17) is 0 Å². The van der Waals surface area contributed by atoms with Crippen molar-refractivity contribution in [3.63, 3.8) is 0 Å². The Kier molecular flexibility index (Phi) is 6.97. The van der Waals surface area contributed by atoms with Crippen molar-refractivity contribution in [3.05, 3.63) is 94.2 Å². The van der Waals surface area contributed by atoms with Gasteiger partial charge >= 0.3 is 0 Å². The largest absolute Gasteiger partial charge is 0.349 e. The molecule has 1 saturated heterocycles. The molecule has 1 atom stereocenters. The molecular formula is C25H25N3O3S. The van der Waals surface area contributed by atoms with Crippen molar-refractivity contribution in [3.8, 4) is 0 Å². The SMILES string of the molecule is O=C(NC1CCN(C(=O)C(NC(=O)c2cccs2)c2ccccc2)CC1)c1ccccc1. The Hall–Kier alpha value is -3.45. The molecule has 2 aromatic carbocycles. The molecule has 1 aliphatic rings. The third-order valence-corrected chi connectivity index (χ3v) is 6.45. The van der Waals surface area contributed by atoms with Crippen molar-refractivity contribution in [2.24, 2.45) is 0 Å². The highest BCUT2D eigenvalue weighted by atomic mass is 32.1. The van der Waals surface area contributed by atoms with Crippen molar-refractivity contribution in [2.75, 3.05) is 13.1 Å².